The molecule has 0 aliphatic carbocycles. The van der Waals surface area contributed by atoms with Gasteiger partial charge in [0.1, 0.15) is 13.2 Å². The molecular weight excluding hydrogens is 877 g/mol. The molecule has 0 aromatic heterocycles. The second-order valence-electron chi connectivity index (χ2n) is 19.5. The lowest BCUT2D eigenvalue weighted by Gasteiger charge is -2.18. The summed E-state index contributed by atoms with van der Waals surface area (Å²) in [5.74, 6) is -0.928. The Bertz CT molecular complexity index is 1410. The van der Waals surface area contributed by atoms with E-state index in [2.05, 4.69) is 118 Å². The van der Waals surface area contributed by atoms with Crippen LogP contribution in [-0.2, 0) is 28.6 Å². The number of rotatable bonds is 53. The molecule has 0 aliphatic rings. The number of esters is 3. The highest BCUT2D eigenvalue weighted by molar-refractivity contribution is 5.71. The van der Waals surface area contributed by atoms with Gasteiger partial charge in [-0.25, -0.2) is 0 Å². The summed E-state index contributed by atoms with van der Waals surface area (Å²) >= 11 is 0. The molecule has 0 bridgehead atoms. The predicted octanol–water partition coefficient (Wildman–Crippen LogP) is 20.1. The Labute approximate surface area is 438 Å². The van der Waals surface area contributed by atoms with Gasteiger partial charge in [-0.05, 0) is 128 Å². The first kappa shape index (κ1) is 67.3. The maximum atomic E-state index is 12.9. The molecule has 0 aromatic rings. The van der Waals surface area contributed by atoms with Gasteiger partial charge >= 0.3 is 17.9 Å². The van der Waals surface area contributed by atoms with Crippen LogP contribution >= 0.6 is 0 Å². The van der Waals surface area contributed by atoms with Crippen molar-refractivity contribution in [2.75, 3.05) is 13.2 Å². The maximum absolute atomic E-state index is 12.9. The van der Waals surface area contributed by atoms with E-state index in [4.69, 9.17) is 14.2 Å². The summed E-state index contributed by atoms with van der Waals surface area (Å²) in [5, 5.41) is 0. The molecule has 1 unspecified atom stereocenters. The van der Waals surface area contributed by atoms with E-state index >= 15 is 0 Å². The summed E-state index contributed by atoms with van der Waals surface area (Å²) < 4.78 is 16.9. The lowest BCUT2D eigenvalue weighted by Crippen LogP contribution is -2.30. The number of carbonyl (C=O) groups excluding carboxylic acids is 3. The zero-order valence-corrected chi connectivity index (χ0v) is 46.5. The van der Waals surface area contributed by atoms with Crippen molar-refractivity contribution >= 4 is 17.9 Å². The normalized spacial score (nSPS) is 12.8. The first-order valence-corrected chi connectivity index (χ1v) is 29.7. The summed E-state index contributed by atoms with van der Waals surface area (Å²) in [5.41, 5.74) is 0. The van der Waals surface area contributed by atoms with Crippen molar-refractivity contribution in [3.05, 3.63) is 97.2 Å². The Balaban J connectivity index is 4.46. The van der Waals surface area contributed by atoms with E-state index in [1.165, 1.54) is 109 Å². The van der Waals surface area contributed by atoms with Crippen LogP contribution in [0.5, 0.6) is 0 Å². The van der Waals surface area contributed by atoms with Gasteiger partial charge in [0.25, 0.3) is 0 Å². The van der Waals surface area contributed by atoms with E-state index in [1.54, 1.807) is 0 Å². The number of ether oxygens (including phenoxy) is 3. The first-order chi connectivity index (χ1) is 35.0. The van der Waals surface area contributed by atoms with Crippen LogP contribution in [0.4, 0.5) is 0 Å². The molecule has 6 heteroatoms. The minimum absolute atomic E-state index is 0.0949. The summed E-state index contributed by atoms with van der Waals surface area (Å²) in [4.78, 5) is 38.2. The largest absolute Gasteiger partial charge is 0.462 e. The van der Waals surface area contributed by atoms with E-state index in [9.17, 15) is 14.4 Å². The molecule has 0 radical (unpaired) electrons. The molecule has 0 saturated heterocycles. The van der Waals surface area contributed by atoms with Crippen molar-refractivity contribution in [1.29, 1.82) is 0 Å². The Kier molecular flexibility index (Phi) is 55.9. The van der Waals surface area contributed by atoms with Gasteiger partial charge in [-0.15, -0.1) is 0 Å². The highest BCUT2D eigenvalue weighted by Gasteiger charge is 2.19. The Morgan fingerprint density at radius 2 is 0.507 bits per heavy atom. The second kappa shape index (κ2) is 58.9. The van der Waals surface area contributed by atoms with Gasteiger partial charge in [-0.2, -0.15) is 0 Å². The van der Waals surface area contributed by atoms with Crippen molar-refractivity contribution in [2.24, 2.45) is 0 Å². The van der Waals surface area contributed by atoms with Crippen LogP contribution < -0.4 is 0 Å². The molecule has 0 amide bonds. The average Bonchev–Trinajstić information content (AvgIpc) is 3.37. The van der Waals surface area contributed by atoms with E-state index in [-0.39, 0.29) is 31.1 Å². The van der Waals surface area contributed by atoms with Crippen molar-refractivity contribution in [3.8, 4) is 0 Å². The lowest BCUT2D eigenvalue weighted by molar-refractivity contribution is -0.167. The predicted molar refractivity (Wildman–Crippen MR) is 307 cm³/mol. The molecular formula is C65H110O6. The third kappa shape index (κ3) is 57.1. The number of carbonyl (C=O) groups is 3. The standard InChI is InChI=1S/C65H110O6/c1-4-7-10-13-16-19-22-25-28-30-32-34-37-40-43-46-49-52-55-58-64(67)70-61-62(60-69-63(66)57-54-51-48-45-42-39-36-27-24-21-18-15-12-9-6-3)71-65(68)59-56-53-50-47-44-41-38-35-33-31-29-26-23-20-17-14-11-8-5-2/h16-21,25-29,32-36,62H,4-15,22-24,30-31,37-61H2,1-3H3/b19-16-,20-17-,21-18-,28-25-,29-26-,34-32-,35-33-,36-27-. The molecule has 0 N–H and O–H groups in total. The fourth-order valence-corrected chi connectivity index (χ4v) is 8.01. The summed E-state index contributed by atoms with van der Waals surface area (Å²) in [6, 6.07) is 0. The van der Waals surface area contributed by atoms with Gasteiger partial charge in [0.15, 0.2) is 6.10 Å². The summed E-state index contributed by atoms with van der Waals surface area (Å²) in [6.45, 7) is 6.54. The number of allylic oxidation sites excluding steroid dienone is 16. The van der Waals surface area contributed by atoms with Crippen molar-refractivity contribution in [2.45, 2.75) is 284 Å². The molecule has 0 fully saturated rings. The third-order valence-electron chi connectivity index (χ3n) is 12.5. The second-order valence-corrected chi connectivity index (χ2v) is 19.5. The molecule has 0 rings (SSSR count). The minimum atomic E-state index is -0.798. The Morgan fingerprint density at radius 3 is 0.789 bits per heavy atom. The molecule has 0 saturated carbocycles. The zero-order valence-electron chi connectivity index (χ0n) is 46.5. The van der Waals surface area contributed by atoms with Crippen LogP contribution in [0.15, 0.2) is 97.2 Å². The van der Waals surface area contributed by atoms with Crippen LogP contribution in [0.25, 0.3) is 0 Å². The average molecular weight is 988 g/mol. The van der Waals surface area contributed by atoms with Crippen LogP contribution in [0.1, 0.15) is 278 Å². The lowest BCUT2D eigenvalue weighted by atomic mass is 10.1. The topological polar surface area (TPSA) is 78.9 Å². The number of unbranched alkanes of at least 4 members (excludes halogenated alkanes) is 26. The van der Waals surface area contributed by atoms with Crippen molar-refractivity contribution < 1.29 is 28.6 Å². The highest BCUT2D eigenvalue weighted by Crippen LogP contribution is 2.14. The fraction of sp³-hybridized carbons (Fsp3) is 0.708. The van der Waals surface area contributed by atoms with Crippen LogP contribution in [0.2, 0.25) is 0 Å². The van der Waals surface area contributed by atoms with Gasteiger partial charge in [-0.3, -0.25) is 14.4 Å². The maximum Gasteiger partial charge on any atom is 0.306 e. The smallest absolute Gasteiger partial charge is 0.306 e. The molecule has 71 heavy (non-hydrogen) atoms. The van der Waals surface area contributed by atoms with E-state index in [0.717, 1.165) is 128 Å². The molecule has 6 nitrogen and oxygen atoms in total. The quantitative estimate of drug-likeness (QED) is 0.0261. The van der Waals surface area contributed by atoms with Crippen LogP contribution in [-0.4, -0.2) is 37.2 Å². The highest BCUT2D eigenvalue weighted by atomic mass is 16.6. The minimum Gasteiger partial charge on any atom is -0.462 e. The molecule has 0 aliphatic heterocycles. The zero-order chi connectivity index (χ0) is 51.4. The number of hydrogen-bond donors (Lipinski definition) is 0. The van der Waals surface area contributed by atoms with E-state index < -0.39 is 6.10 Å². The van der Waals surface area contributed by atoms with Gasteiger partial charge in [0, 0.05) is 19.3 Å². The van der Waals surface area contributed by atoms with E-state index in [0.29, 0.717) is 19.3 Å². The van der Waals surface area contributed by atoms with Crippen LogP contribution in [0.3, 0.4) is 0 Å². The fourth-order valence-electron chi connectivity index (χ4n) is 8.01. The van der Waals surface area contributed by atoms with Crippen LogP contribution in [0, 0.1) is 0 Å². The van der Waals surface area contributed by atoms with Gasteiger partial charge in [0.05, 0.1) is 0 Å². The molecule has 0 aromatic carbocycles. The molecule has 0 spiro atoms. The molecule has 406 valence electrons. The van der Waals surface area contributed by atoms with Gasteiger partial charge in [-0.1, -0.05) is 227 Å². The van der Waals surface area contributed by atoms with Crippen molar-refractivity contribution in [1.82, 2.24) is 0 Å². The SMILES string of the molecule is CCCCC/C=C\C/C=C\C/C=C\CCCCCCCCC(=O)OCC(COC(=O)CCCCCCC/C=C\C/C=C\CCCCC)OC(=O)CCCCCCCC/C=C\C/C=C\C/C=C\CCCCC. The first-order valence-electron chi connectivity index (χ1n) is 29.7. The third-order valence-corrected chi connectivity index (χ3v) is 12.5. The van der Waals surface area contributed by atoms with E-state index in [1.807, 2.05) is 0 Å². The van der Waals surface area contributed by atoms with Gasteiger partial charge in [0.2, 0.25) is 0 Å². The van der Waals surface area contributed by atoms with Crippen molar-refractivity contribution in [3.63, 3.8) is 0 Å². The number of hydrogen-bond acceptors (Lipinski definition) is 6. The molecule has 0 heterocycles. The Hall–Kier alpha value is -3.67. The monoisotopic (exact) mass is 987 g/mol. The Morgan fingerprint density at radius 1 is 0.282 bits per heavy atom. The summed E-state index contributed by atoms with van der Waals surface area (Å²) in [6.07, 6.45) is 78.1. The van der Waals surface area contributed by atoms with Gasteiger partial charge < -0.3 is 14.2 Å². The summed E-state index contributed by atoms with van der Waals surface area (Å²) in [7, 11) is 0. The molecule has 1 atom stereocenters.